The average molecular weight is 804 g/mol. The third kappa shape index (κ3) is 38.8. The highest BCUT2D eigenvalue weighted by molar-refractivity contribution is 5.70. The predicted octanol–water partition coefficient (Wildman–Crippen LogP) is 11.7. The summed E-state index contributed by atoms with van der Waals surface area (Å²) in [6.45, 7) is 4.59. The molecule has 332 valence electrons. The number of rotatable bonds is 42. The number of esters is 2. The van der Waals surface area contributed by atoms with E-state index in [1.807, 2.05) is 0 Å². The number of allylic oxidation sites excluding steroid dienone is 6. The summed E-state index contributed by atoms with van der Waals surface area (Å²) in [5, 5.41) is 11.6. The van der Waals surface area contributed by atoms with Crippen LogP contribution < -0.4 is 5.11 Å². The molecular weight excluding hydrogens is 715 g/mol. The molecule has 2 atom stereocenters. The zero-order valence-electron chi connectivity index (χ0n) is 37.8. The van der Waals surface area contributed by atoms with Crippen molar-refractivity contribution in [1.29, 1.82) is 0 Å². The summed E-state index contributed by atoms with van der Waals surface area (Å²) in [5.74, 6) is -1.75. The Morgan fingerprint density at radius 3 is 1.44 bits per heavy atom. The van der Waals surface area contributed by atoms with Crippen molar-refractivity contribution < 1.29 is 38.2 Å². The van der Waals surface area contributed by atoms with Crippen LogP contribution in [0.5, 0.6) is 0 Å². The van der Waals surface area contributed by atoms with Crippen molar-refractivity contribution in [3.63, 3.8) is 0 Å². The van der Waals surface area contributed by atoms with Crippen molar-refractivity contribution in [2.45, 2.75) is 219 Å². The van der Waals surface area contributed by atoms with Crippen LogP contribution in [-0.2, 0) is 28.6 Å². The van der Waals surface area contributed by atoms with E-state index in [-0.39, 0.29) is 42.7 Å². The van der Waals surface area contributed by atoms with E-state index >= 15 is 0 Å². The maximum Gasteiger partial charge on any atom is 0.306 e. The molecule has 0 rings (SSSR count). The second-order valence-electron chi connectivity index (χ2n) is 17.0. The minimum absolute atomic E-state index is 0.0386. The summed E-state index contributed by atoms with van der Waals surface area (Å²) in [5.41, 5.74) is 0. The van der Waals surface area contributed by atoms with Gasteiger partial charge in [-0.1, -0.05) is 159 Å². The van der Waals surface area contributed by atoms with Crippen molar-refractivity contribution in [2.75, 3.05) is 41.0 Å². The molecule has 0 saturated heterocycles. The second-order valence-corrected chi connectivity index (χ2v) is 17.0. The normalized spacial score (nSPS) is 13.2. The largest absolute Gasteiger partial charge is 0.544 e. The lowest BCUT2D eigenvalue weighted by Gasteiger charge is -2.34. The number of likely N-dealkylation sites (N-methyl/N-ethyl adjacent to an activating group) is 1. The van der Waals surface area contributed by atoms with Gasteiger partial charge < -0.3 is 28.6 Å². The van der Waals surface area contributed by atoms with Crippen LogP contribution >= 0.6 is 0 Å². The van der Waals surface area contributed by atoms with Gasteiger partial charge in [0.25, 0.3) is 0 Å². The molecule has 2 unspecified atom stereocenters. The topological polar surface area (TPSA) is 102 Å². The minimum Gasteiger partial charge on any atom is -0.544 e. The number of carbonyl (C=O) groups excluding carboxylic acids is 3. The van der Waals surface area contributed by atoms with Gasteiger partial charge in [-0.3, -0.25) is 9.59 Å². The molecule has 0 aromatic heterocycles. The van der Waals surface area contributed by atoms with Crippen LogP contribution in [0.3, 0.4) is 0 Å². The lowest BCUT2D eigenvalue weighted by atomic mass is 10.0. The van der Waals surface area contributed by atoms with Crippen molar-refractivity contribution in [3.05, 3.63) is 36.5 Å². The number of unbranched alkanes of at least 4 members (excludes halogenated alkanes) is 22. The number of hydrogen-bond donors (Lipinski definition) is 0. The summed E-state index contributed by atoms with van der Waals surface area (Å²) >= 11 is 0. The van der Waals surface area contributed by atoms with E-state index < -0.39 is 18.1 Å². The number of hydrogen-bond acceptors (Lipinski definition) is 7. The molecule has 0 amide bonds. The number of carboxylic acids is 1. The summed E-state index contributed by atoms with van der Waals surface area (Å²) < 4.78 is 17.2. The molecule has 8 heteroatoms. The first-order valence-electron chi connectivity index (χ1n) is 23.5. The van der Waals surface area contributed by atoms with Crippen LogP contribution in [0.1, 0.15) is 206 Å². The number of aliphatic carboxylic acids is 1. The maximum absolute atomic E-state index is 12.7. The zero-order valence-corrected chi connectivity index (χ0v) is 37.8. The zero-order chi connectivity index (χ0) is 42.1. The third-order valence-electron chi connectivity index (χ3n) is 10.5. The summed E-state index contributed by atoms with van der Waals surface area (Å²) in [6, 6.07) is -0.726. The first-order valence-corrected chi connectivity index (χ1v) is 23.5. The van der Waals surface area contributed by atoms with E-state index in [1.54, 1.807) is 21.1 Å². The Hall–Kier alpha value is -2.45. The molecule has 0 heterocycles. The number of nitrogens with zero attached hydrogens (tertiary/aromatic N) is 1. The SMILES string of the molecule is CCC/C=C\CCCCCCCC(=O)OCC(COCCC(C(=O)[O-])[N+](C)(C)C)OC(=O)CCCCCCCCCCCCC/C=C\C/C=C\CCCCCCC. The Kier molecular flexibility index (Phi) is 38.6. The Balaban J connectivity index is 4.20. The number of carboxylic acid groups (broad SMARTS) is 1. The Labute approximate surface area is 351 Å². The molecule has 0 N–H and O–H groups in total. The highest BCUT2D eigenvalue weighted by Gasteiger charge is 2.25. The number of carbonyl (C=O) groups is 3. The molecule has 0 aliphatic heterocycles. The molecule has 0 aromatic carbocycles. The van der Waals surface area contributed by atoms with Crippen LogP contribution in [0.25, 0.3) is 0 Å². The van der Waals surface area contributed by atoms with Gasteiger partial charge in [0.1, 0.15) is 12.6 Å². The van der Waals surface area contributed by atoms with Crippen LogP contribution in [-0.4, -0.2) is 75.5 Å². The maximum atomic E-state index is 12.7. The standard InChI is InChI=1S/C49H89NO7/c1-6-8-10-12-14-16-18-19-20-21-22-23-24-25-26-27-28-29-30-32-34-36-38-40-48(52)57-45(43-55-42-41-46(49(53)54)50(3,4)5)44-56-47(51)39-37-35-33-31-17-15-13-11-9-7-2/h11,13,18-19,21-22,45-46H,6-10,12,14-17,20,23-44H2,1-5H3/b13-11-,19-18-,22-21-. The molecular formula is C49H89NO7. The van der Waals surface area contributed by atoms with Crippen LogP contribution in [0.2, 0.25) is 0 Å². The van der Waals surface area contributed by atoms with Gasteiger partial charge in [0.05, 0.1) is 40.3 Å². The van der Waals surface area contributed by atoms with Crippen molar-refractivity contribution in [1.82, 2.24) is 0 Å². The van der Waals surface area contributed by atoms with Crippen LogP contribution in [0.15, 0.2) is 36.5 Å². The monoisotopic (exact) mass is 804 g/mol. The summed E-state index contributed by atoms with van der Waals surface area (Å²) in [7, 11) is 5.40. The van der Waals surface area contributed by atoms with Gasteiger partial charge >= 0.3 is 11.9 Å². The number of quaternary nitrogens is 1. The molecule has 0 radical (unpaired) electrons. The highest BCUT2D eigenvalue weighted by Crippen LogP contribution is 2.15. The van der Waals surface area contributed by atoms with Gasteiger partial charge in [-0.25, -0.2) is 0 Å². The summed E-state index contributed by atoms with van der Waals surface area (Å²) in [6.07, 6.45) is 46.1. The molecule has 0 aromatic rings. The van der Waals surface area contributed by atoms with E-state index in [4.69, 9.17) is 14.2 Å². The first kappa shape index (κ1) is 54.6. The van der Waals surface area contributed by atoms with Gasteiger partial charge in [0.2, 0.25) is 0 Å². The molecule has 0 aliphatic carbocycles. The lowest BCUT2D eigenvalue weighted by Crippen LogP contribution is -2.55. The molecule has 0 aliphatic rings. The first-order chi connectivity index (χ1) is 27.6. The average Bonchev–Trinajstić information content (AvgIpc) is 3.17. The Morgan fingerprint density at radius 1 is 0.526 bits per heavy atom. The van der Waals surface area contributed by atoms with Crippen LogP contribution in [0.4, 0.5) is 0 Å². The van der Waals surface area contributed by atoms with Crippen molar-refractivity contribution in [2.24, 2.45) is 0 Å². The number of ether oxygens (including phenoxy) is 3. The molecule has 0 saturated carbocycles. The van der Waals surface area contributed by atoms with Gasteiger partial charge in [-0.05, 0) is 64.2 Å². The molecule has 0 fully saturated rings. The smallest absolute Gasteiger partial charge is 0.306 e. The van der Waals surface area contributed by atoms with E-state index in [0.29, 0.717) is 12.8 Å². The molecule has 57 heavy (non-hydrogen) atoms. The highest BCUT2D eigenvalue weighted by atomic mass is 16.6. The van der Waals surface area contributed by atoms with Crippen molar-refractivity contribution in [3.8, 4) is 0 Å². The fraction of sp³-hybridized carbons (Fsp3) is 0.816. The van der Waals surface area contributed by atoms with E-state index in [9.17, 15) is 19.5 Å². The van der Waals surface area contributed by atoms with Gasteiger partial charge in [0.15, 0.2) is 6.10 Å². The van der Waals surface area contributed by atoms with Crippen LogP contribution in [0, 0.1) is 0 Å². The van der Waals surface area contributed by atoms with E-state index in [2.05, 4.69) is 50.3 Å². The third-order valence-corrected chi connectivity index (χ3v) is 10.5. The summed E-state index contributed by atoms with van der Waals surface area (Å²) in [4.78, 5) is 36.8. The molecule has 8 nitrogen and oxygen atoms in total. The quantitative estimate of drug-likeness (QED) is 0.0262. The van der Waals surface area contributed by atoms with Gasteiger partial charge in [0, 0.05) is 19.3 Å². The predicted molar refractivity (Wildman–Crippen MR) is 236 cm³/mol. The van der Waals surface area contributed by atoms with Crippen molar-refractivity contribution >= 4 is 17.9 Å². The van der Waals surface area contributed by atoms with E-state index in [0.717, 1.165) is 64.2 Å². The Morgan fingerprint density at radius 2 is 0.965 bits per heavy atom. The fourth-order valence-corrected chi connectivity index (χ4v) is 6.81. The molecule has 0 spiro atoms. The lowest BCUT2D eigenvalue weighted by molar-refractivity contribution is -0.889. The van der Waals surface area contributed by atoms with Gasteiger partial charge in [-0.2, -0.15) is 0 Å². The second kappa shape index (κ2) is 40.3. The Bertz CT molecular complexity index is 1030. The van der Waals surface area contributed by atoms with E-state index in [1.165, 1.54) is 109 Å². The minimum atomic E-state index is -1.13. The molecule has 0 bridgehead atoms. The van der Waals surface area contributed by atoms with Gasteiger partial charge in [-0.15, -0.1) is 0 Å². The fourth-order valence-electron chi connectivity index (χ4n) is 6.81.